The van der Waals surface area contributed by atoms with Crippen LogP contribution in [0.2, 0.25) is 0 Å². The van der Waals surface area contributed by atoms with Crippen molar-refractivity contribution in [3.8, 4) is 0 Å². The third-order valence-electron chi connectivity index (χ3n) is 4.18. The summed E-state index contributed by atoms with van der Waals surface area (Å²) in [4.78, 5) is 0.332. The first-order chi connectivity index (χ1) is 10.0. The highest BCUT2D eigenvalue weighted by atomic mass is 32.2. The summed E-state index contributed by atoms with van der Waals surface area (Å²) >= 11 is 0. The van der Waals surface area contributed by atoms with Gasteiger partial charge in [0.15, 0.2) is 9.84 Å². The van der Waals surface area contributed by atoms with Crippen molar-refractivity contribution in [3.63, 3.8) is 0 Å². The van der Waals surface area contributed by atoms with Gasteiger partial charge in [-0.05, 0) is 24.6 Å². The summed E-state index contributed by atoms with van der Waals surface area (Å²) in [7, 11) is -3.42. The molecule has 0 radical (unpaired) electrons. The number of hydrogen-bond acceptors (Lipinski definition) is 3. The summed E-state index contributed by atoms with van der Waals surface area (Å²) in [5, 5.41) is 9.40. The molecular formula is C17H18O3S. The fourth-order valence-electron chi connectivity index (χ4n) is 3.13. The lowest BCUT2D eigenvalue weighted by Crippen LogP contribution is -2.14. The Labute approximate surface area is 125 Å². The molecule has 0 heterocycles. The van der Waals surface area contributed by atoms with E-state index in [0.717, 1.165) is 5.56 Å². The van der Waals surface area contributed by atoms with Gasteiger partial charge in [0.05, 0.1) is 16.2 Å². The van der Waals surface area contributed by atoms with Gasteiger partial charge in [0.2, 0.25) is 0 Å². The number of hydrogen-bond donors (Lipinski definition) is 1. The van der Waals surface area contributed by atoms with E-state index in [2.05, 4.69) is 0 Å². The van der Waals surface area contributed by atoms with Crippen molar-refractivity contribution in [2.24, 2.45) is 5.92 Å². The van der Waals surface area contributed by atoms with Crippen molar-refractivity contribution in [1.29, 1.82) is 0 Å². The Bertz CT molecular complexity index is 708. The zero-order valence-corrected chi connectivity index (χ0v) is 12.6. The molecule has 0 spiro atoms. The van der Waals surface area contributed by atoms with Gasteiger partial charge in [0.1, 0.15) is 0 Å². The monoisotopic (exact) mass is 302 g/mol. The molecule has 1 aliphatic rings. The fraction of sp³-hybridized carbons (Fsp3) is 0.294. The largest absolute Gasteiger partial charge is 0.393 e. The van der Waals surface area contributed by atoms with Crippen LogP contribution in [-0.2, 0) is 9.84 Å². The van der Waals surface area contributed by atoms with E-state index in [4.69, 9.17) is 0 Å². The Balaban J connectivity index is 1.98. The van der Waals surface area contributed by atoms with Gasteiger partial charge < -0.3 is 5.11 Å². The van der Waals surface area contributed by atoms with Crippen molar-refractivity contribution in [3.05, 3.63) is 66.2 Å². The number of rotatable bonds is 4. The minimum Gasteiger partial charge on any atom is -0.393 e. The highest BCUT2D eigenvalue weighted by molar-refractivity contribution is 7.92. The van der Waals surface area contributed by atoms with Gasteiger partial charge in [-0.1, -0.05) is 48.5 Å². The van der Waals surface area contributed by atoms with E-state index in [0.29, 0.717) is 4.90 Å². The molecule has 2 aromatic carbocycles. The summed E-state index contributed by atoms with van der Waals surface area (Å²) in [6, 6.07) is 18.1. The number of benzene rings is 2. The van der Waals surface area contributed by atoms with E-state index < -0.39 is 21.2 Å². The van der Waals surface area contributed by atoms with E-state index in [1.165, 1.54) is 0 Å². The fourth-order valence-corrected chi connectivity index (χ4v) is 5.43. The maximum atomic E-state index is 12.8. The summed E-state index contributed by atoms with van der Waals surface area (Å²) in [5.41, 5.74) is 0.980. The van der Waals surface area contributed by atoms with Crippen LogP contribution in [0, 0.1) is 5.92 Å². The lowest BCUT2D eigenvalue weighted by molar-refractivity contribution is 0.169. The molecule has 0 amide bonds. The van der Waals surface area contributed by atoms with Crippen LogP contribution in [0.25, 0.3) is 0 Å². The standard InChI is InChI=1S/C17H18O3S/c1-12(18)15-16(13-8-4-2-5-9-13)17(15)21(19,20)14-10-6-3-7-11-14/h2-12,15-18H,1H3/t12-,15+,16+,17+/m1/s1. The topological polar surface area (TPSA) is 54.4 Å². The third kappa shape index (κ3) is 2.49. The second kappa shape index (κ2) is 5.28. The molecule has 1 aliphatic carbocycles. The Morgan fingerprint density at radius 3 is 2.00 bits per heavy atom. The molecule has 3 rings (SSSR count). The zero-order valence-electron chi connectivity index (χ0n) is 11.8. The maximum absolute atomic E-state index is 12.8. The normalized spacial score (nSPS) is 26.3. The summed E-state index contributed by atoms with van der Waals surface area (Å²) in [5.74, 6) is -0.367. The zero-order chi connectivity index (χ0) is 15.0. The Morgan fingerprint density at radius 1 is 0.952 bits per heavy atom. The molecule has 2 aromatic rings. The predicted octanol–water partition coefficient (Wildman–Crippen LogP) is 2.62. The molecular weight excluding hydrogens is 284 g/mol. The van der Waals surface area contributed by atoms with E-state index in [9.17, 15) is 13.5 Å². The van der Waals surface area contributed by atoms with Gasteiger partial charge in [0, 0.05) is 11.8 Å². The highest BCUT2D eigenvalue weighted by Crippen LogP contribution is 2.55. The van der Waals surface area contributed by atoms with Gasteiger partial charge in [-0.2, -0.15) is 0 Å². The Morgan fingerprint density at radius 2 is 1.48 bits per heavy atom. The SMILES string of the molecule is C[C@@H](O)[C@H]1[C@H](c2ccccc2)[C@H]1S(=O)(=O)c1ccccc1. The van der Waals surface area contributed by atoms with Crippen molar-refractivity contribution in [1.82, 2.24) is 0 Å². The first-order valence-corrected chi connectivity index (χ1v) is 8.60. The van der Waals surface area contributed by atoms with E-state index in [1.807, 2.05) is 30.3 Å². The van der Waals surface area contributed by atoms with Crippen molar-refractivity contribution in [2.45, 2.75) is 29.1 Å². The number of aliphatic hydroxyl groups excluding tert-OH is 1. The molecule has 0 saturated heterocycles. The molecule has 0 bridgehead atoms. The maximum Gasteiger partial charge on any atom is 0.182 e. The lowest BCUT2D eigenvalue weighted by Gasteiger charge is -2.04. The number of aliphatic hydroxyl groups is 1. The number of sulfone groups is 1. The van der Waals surface area contributed by atoms with Crippen LogP contribution in [0.15, 0.2) is 65.6 Å². The molecule has 0 unspecified atom stereocenters. The predicted molar refractivity (Wildman–Crippen MR) is 81.8 cm³/mol. The molecule has 21 heavy (non-hydrogen) atoms. The molecule has 0 aliphatic heterocycles. The van der Waals surface area contributed by atoms with Gasteiger partial charge in [-0.25, -0.2) is 8.42 Å². The molecule has 1 saturated carbocycles. The smallest absolute Gasteiger partial charge is 0.182 e. The van der Waals surface area contributed by atoms with Gasteiger partial charge in [0.25, 0.3) is 0 Å². The van der Waals surface area contributed by atoms with E-state index in [1.54, 1.807) is 37.3 Å². The summed E-state index contributed by atoms with van der Waals surface area (Å²) in [6.45, 7) is 1.67. The molecule has 1 N–H and O–H groups in total. The van der Waals surface area contributed by atoms with Crippen LogP contribution in [-0.4, -0.2) is 24.9 Å². The van der Waals surface area contributed by atoms with Crippen LogP contribution < -0.4 is 0 Å². The quantitative estimate of drug-likeness (QED) is 0.944. The van der Waals surface area contributed by atoms with Crippen LogP contribution in [0.4, 0.5) is 0 Å². The van der Waals surface area contributed by atoms with Crippen LogP contribution in [0.1, 0.15) is 18.4 Å². The van der Waals surface area contributed by atoms with Crippen LogP contribution in [0.3, 0.4) is 0 Å². The molecule has 4 atom stereocenters. The summed E-state index contributed by atoms with van der Waals surface area (Å²) in [6.07, 6.45) is -0.640. The van der Waals surface area contributed by atoms with E-state index >= 15 is 0 Å². The molecule has 110 valence electrons. The minimum atomic E-state index is -3.42. The van der Waals surface area contributed by atoms with Gasteiger partial charge >= 0.3 is 0 Å². The van der Waals surface area contributed by atoms with Crippen molar-refractivity contribution in [2.75, 3.05) is 0 Å². The molecule has 4 heteroatoms. The van der Waals surface area contributed by atoms with Crippen molar-refractivity contribution >= 4 is 9.84 Å². The van der Waals surface area contributed by atoms with Crippen LogP contribution in [0.5, 0.6) is 0 Å². The van der Waals surface area contributed by atoms with Crippen molar-refractivity contribution < 1.29 is 13.5 Å². The second-order valence-corrected chi connectivity index (χ2v) is 7.68. The first-order valence-electron chi connectivity index (χ1n) is 7.05. The Kier molecular flexibility index (Phi) is 3.59. The lowest BCUT2D eigenvalue weighted by atomic mass is 10.1. The summed E-state index contributed by atoms with van der Waals surface area (Å²) < 4.78 is 25.6. The third-order valence-corrected chi connectivity index (χ3v) is 6.43. The Hall–Kier alpha value is -1.65. The molecule has 0 aromatic heterocycles. The highest BCUT2D eigenvalue weighted by Gasteiger charge is 2.60. The van der Waals surface area contributed by atoms with Gasteiger partial charge in [-0.3, -0.25) is 0 Å². The average molecular weight is 302 g/mol. The molecule has 1 fully saturated rings. The molecule has 3 nitrogen and oxygen atoms in total. The average Bonchev–Trinajstić information content (AvgIpc) is 3.26. The van der Waals surface area contributed by atoms with Crippen LogP contribution >= 0.6 is 0 Å². The van der Waals surface area contributed by atoms with E-state index in [-0.39, 0.29) is 11.8 Å². The minimum absolute atomic E-state index is 0.128. The second-order valence-electron chi connectivity index (χ2n) is 5.58. The van der Waals surface area contributed by atoms with Gasteiger partial charge in [-0.15, -0.1) is 0 Å². The first kappa shape index (κ1) is 14.3.